The van der Waals surface area contributed by atoms with E-state index in [-0.39, 0.29) is 5.56 Å². The van der Waals surface area contributed by atoms with Gasteiger partial charge in [-0.3, -0.25) is 4.79 Å². The van der Waals surface area contributed by atoms with Crippen molar-refractivity contribution in [2.24, 2.45) is 0 Å². The van der Waals surface area contributed by atoms with Gasteiger partial charge in [-0.2, -0.15) is 0 Å². The smallest absolute Gasteiger partial charge is 0.259 e. The lowest BCUT2D eigenvalue weighted by Gasteiger charge is -2.11. The second-order valence-electron chi connectivity index (χ2n) is 6.49. The number of aromatic nitrogens is 2. The van der Waals surface area contributed by atoms with Crippen LogP contribution in [0.4, 0.5) is 0 Å². The largest absolute Gasteiger partial charge is 0.493 e. The summed E-state index contributed by atoms with van der Waals surface area (Å²) in [5, 5.41) is 0.575. The Kier molecular flexibility index (Phi) is 5.38. The van der Waals surface area contributed by atoms with Crippen molar-refractivity contribution in [3.63, 3.8) is 0 Å². The van der Waals surface area contributed by atoms with Gasteiger partial charge in [0.05, 0.1) is 18.0 Å². The van der Waals surface area contributed by atoms with Gasteiger partial charge < -0.3 is 14.5 Å². The third-order valence-electron chi connectivity index (χ3n) is 4.49. The first-order valence-corrected chi connectivity index (χ1v) is 9.25. The molecule has 0 radical (unpaired) electrons. The van der Waals surface area contributed by atoms with E-state index in [1.54, 1.807) is 19.3 Å². The highest BCUT2D eigenvalue weighted by molar-refractivity contribution is 5.79. The van der Waals surface area contributed by atoms with Crippen molar-refractivity contribution in [3.8, 4) is 11.5 Å². The lowest BCUT2D eigenvalue weighted by atomic mass is 10.2. The maximum atomic E-state index is 12.2. The molecule has 0 amide bonds. The fourth-order valence-corrected chi connectivity index (χ4v) is 3.00. The highest BCUT2D eigenvalue weighted by Crippen LogP contribution is 2.29. The van der Waals surface area contributed by atoms with E-state index in [1.165, 1.54) is 0 Å². The molecule has 144 valence electrons. The molecule has 3 aromatic carbocycles. The van der Waals surface area contributed by atoms with Crippen LogP contribution in [0.15, 0.2) is 77.6 Å². The average Bonchev–Trinajstić information content (AvgIpc) is 2.77. The first kappa shape index (κ1) is 18.5. The molecule has 0 aliphatic rings. The molecule has 29 heavy (non-hydrogen) atoms. The average molecular weight is 384 g/mol. The Labute approximate surface area is 168 Å². The van der Waals surface area contributed by atoms with Crippen LogP contribution in [0.1, 0.15) is 17.0 Å². The minimum Gasteiger partial charge on any atom is -0.493 e. The zero-order valence-electron chi connectivity index (χ0n) is 16.0. The molecule has 0 aliphatic heterocycles. The van der Waals surface area contributed by atoms with Crippen LogP contribution < -0.4 is 15.0 Å². The van der Waals surface area contributed by atoms with Gasteiger partial charge in [0.15, 0.2) is 11.5 Å². The minimum atomic E-state index is -0.155. The minimum absolute atomic E-state index is 0.155. The lowest BCUT2D eigenvalue weighted by molar-refractivity contribution is 0.284. The van der Waals surface area contributed by atoms with Gasteiger partial charge in [0.25, 0.3) is 5.56 Å². The summed E-state index contributed by atoms with van der Waals surface area (Å²) in [6.07, 6.45) is 3.64. The Balaban J connectivity index is 1.54. The molecule has 1 heterocycles. The number of methoxy groups -OCH3 is 1. The zero-order valence-corrected chi connectivity index (χ0v) is 16.0. The second kappa shape index (κ2) is 8.44. The third kappa shape index (κ3) is 4.35. The van der Waals surface area contributed by atoms with Crippen LogP contribution in [0.5, 0.6) is 11.5 Å². The van der Waals surface area contributed by atoms with E-state index in [0.29, 0.717) is 34.8 Å². The van der Waals surface area contributed by atoms with Crippen LogP contribution in [0.3, 0.4) is 0 Å². The Morgan fingerprint density at radius 2 is 1.72 bits per heavy atom. The summed E-state index contributed by atoms with van der Waals surface area (Å²) in [5.41, 5.74) is 2.50. The molecular formula is C24H20N2O3. The fraction of sp³-hybridized carbons (Fsp3) is 0.0833. The quantitative estimate of drug-likeness (QED) is 0.524. The van der Waals surface area contributed by atoms with Gasteiger partial charge in [0.2, 0.25) is 0 Å². The van der Waals surface area contributed by atoms with Gasteiger partial charge in [0.1, 0.15) is 12.4 Å². The maximum Gasteiger partial charge on any atom is 0.259 e. The van der Waals surface area contributed by atoms with Crippen LogP contribution in [0.25, 0.3) is 23.1 Å². The Morgan fingerprint density at radius 3 is 2.55 bits per heavy atom. The SMILES string of the molecule is COc1cc(/C=C/c2nc3ccccc3c(=O)[nH]2)ccc1OCc1ccccc1. The lowest BCUT2D eigenvalue weighted by Crippen LogP contribution is -2.09. The van der Waals surface area contributed by atoms with E-state index in [2.05, 4.69) is 9.97 Å². The van der Waals surface area contributed by atoms with E-state index in [1.807, 2.05) is 72.8 Å². The van der Waals surface area contributed by atoms with Gasteiger partial charge in [-0.25, -0.2) is 4.98 Å². The summed E-state index contributed by atoms with van der Waals surface area (Å²) in [5.74, 6) is 1.81. The summed E-state index contributed by atoms with van der Waals surface area (Å²) in [4.78, 5) is 19.4. The molecule has 1 aromatic heterocycles. The number of rotatable bonds is 6. The molecule has 1 N–H and O–H groups in total. The van der Waals surface area contributed by atoms with Crippen molar-refractivity contribution in [3.05, 3.63) is 100 Å². The summed E-state index contributed by atoms with van der Waals surface area (Å²) in [7, 11) is 1.61. The molecular weight excluding hydrogens is 364 g/mol. The second-order valence-corrected chi connectivity index (χ2v) is 6.49. The first-order chi connectivity index (χ1) is 14.2. The van der Waals surface area contributed by atoms with Crippen LogP contribution in [-0.2, 0) is 6.61 Å². The standard InChI is InChI=1S/C24H20N2O3/c1-28-22-15-17(11-13-21(22)29-16-18-7-3-2-4-8-18)12-14-23-25-20-10-6-5-9-19(20)24(27)26-23/h2-15H,16H2,1H3,(H,25,26,27)/b14-12+. The van der Waals surface area contributed by atoms with Gasteiger partial charge in [-0.1, -0.05) is 54.6 Å². The van der Waals surface area contributed by atoms with Crippen molar-refractivity contribution in [2.45, 2.75) is 6.61 Å². The number of benzene rings is 3. The molecule has 4 rings (SSSR count). The van der Waals surface area contributed by atoms with Crippen molar-refractivity contribution >= 4 is 23.1 Å². The highest BCUT2D eigenvalue weighted by atomic mass is 16.5. The van der Waals surface area contributed by atoms with E-state index in [9.17, 15) is 4.79 Å². The summed E-state index contributed by atoms with van der Waals surface area (Å²) >= 11 is 0. The molecule has 0 atom stereocenters. The fourth-order valence-electron chi connectivity index (χ4n) is 3.00. The molecule has 0 bridgehead atoms. The number of fused-ring (bicyclic) bond motifs is 1. The molecule has 0 spiro atoms. The molecule has 0 fully saturated rings. The number of nitrogens with one attached hydrogen (secondary N) is 1. The number of aromatic amines is 1. The van der Waals surface area contributed by atoms with Crippen molar-refractivity contribution in [1.82, 2.24) is 9.97 Å². The molecule has 0 saturated heterocycles. The predicted octanol–water partition coefficient (Wildman–Crippen LogP) is 4.68. The van der Waals surface area contributed by atoms with Crippen molar-refractivity contribution in [2.75, 3.05) is 7.11 Å². The van der Waals surface area contributed by atoms with E-state index in [4.69, 9.17) is 9.47 Å². The predicted molar refractivity (Wildman–Crippen MR) is 115 cm³/mol. The summed E-state index contributed by atoms with van der Waals surface area (Å²) in [6, 6.07) is 22.9. The molecule has 5 nitrogen and oxygen atoms in total. The van der Waals surface area contributed by atoms with E-state index in [0.717, 1.165) is 11.1 Å². The van der Waals surface area contributed by atoms with Gasteiger partial charge in [-0.05, 0) is 41.5 Å². The Morgan fingerprint density at radius 1 is 0.931 bits per heavy atom. The highest BCUT2D eigenvalue weighted by Gasteiger charge is 2.06. The number of para-hydroxylation sites is 1. The monoisotopic (exact) mass is 384 g/mol. The van der Waals surface area contributed by atoms with Crippen molar-refractivity contribution < 1.29 is 9.47 Å². The maximum absolute atomic E-state index is 12.2. The Bertz CT molecular complexity index is 1210. The number of nitrogens with zero attached hydrogens (tertiary/aromatic N) is 1. The summed E-state index contributed by atoms with van der Waals surface area (Å²) in [6.45, 7) is 0.467. The van der Waals surface area contributed by atoms with Crippen molar-refractivity contribution in [1.29, 1.82) is 0 Å². The van der Waals surface area contributed by atoms with Gasteiger partial charge >= 0.3 is 0 Å². The van der Waals surface area contributed by atoms with Crippen LogP contribution in [0, 0.1) is 0 Å². The number of ether oxygens (including phenoxy) is 2. The van der Waals surface area contributed by atoms with Crippen LogP contribution >= 0.6 is 0 Å². The van der Waals surface area contributed by atoms with Gasteiger partial charge in [-0.15, -0.1) is 0 Å². The number of H-pyrrole nitrogens is 1. The molecule has 0 aliphatic carbocycles. The topological polar surface area (TPSA) is 64.2 Å². The third-order valence-corrected chi connectivity index (χ3v) is 4.49. The summed E-state index contributed by atoms with van der Waals surface area (Å²) < 4.78 is 11.4. The molecule has 0 unspecified atom stereocenters. The van der Waals surface area contributed by atoms with Crippen LogP contribution in [-0.4, -0.2) is 17.1 Å². The number of hydrogen-bond donors (Lipinski definition) is 1. The number of hydrogen-bond acceptors (Lipinski definition) is 4. The zero-order chi connectivity index (χ0) is 20.1. The molecule has 0 saturated carbocycles. The van der Waals surface area contributed by atoms with Gasteiger partial charge in [0, 0.05) is 0 Å². The van der Waals surface area contributed by atoms with Crippen LogP contribution in [0.2, 0.25) is 0 Å². The Hall–Kier alpha value is -3.86. The first-order valence-electron chi connectivity index (χ1n) is 9.25. The van der Waals surface area contributed by atoms with E-state index < -0.39 is 0 Å². The normalized spacial score (nSPS) is 11.1. The molecule has 4 aromatic rings. The molecule has 5 heteroatoms. The van der Waals surface area contributed by atoms with E-state index >= 15 is 0 Å².